The highest BCUT2D eigenvalue weighted by Crippen LogP contribution is 2.52. The van der Waals surface area contributed by atoms with Crippen LogP contribution in [0.3, 0.4) is 0 Å². The topological polar surface area (TPSA) is 69.0 Å². The molecule has 0 radical (unpaired) electrons. The first-order chi connectivity index (χ1) is 17.4. The summed E-state index contributed by atoms with van der Waals surface area (Å²) in [4.78, 5) is 12.7. The van der Waals surface area contributed by atoms with Gasteiger partial charge in [-0.2, -0.15) is 0 Å². The van der Waals surface area contributed by atoms with E-state index in [2.05, 4.69) is 33.1 Å². The summed E-state index contributed by atoms with van der Waals surface area (Å²) in [6.45, 7) is 6.37. The predicted octanol–water partition coefficient (Wildman–Crippen LogP) is 6.34. The third-order valence-corrected chi connectivity index (χ3v) is 8.53. The van der Waals surface area contributed by atoms with Gasteiger partial charge in [-0.15, -0.1) is 10.2 Å². The molecule has 5 rings (SSSR count). The summed E-state index contributed by atoms with van der Waals surface area (Å²) in [7, 11) is 0. The van der Waals surface area contributed by atoms with Crippen molar-refractivity contribution in [2.75, 3.05) is 11.1 Å². The van der Waals surface area contributed by atoms with E-state index in [1.807, 2.05) is 26.0 Å². The molecule has 1 amide bonds. The Morgan fingerprint density at radius 2 is 1.94 bits per heavy atom. The van der Waals surface area contributed by atoms with Gasteiger partial charge in [0.2, 0.25) is 5.91 Å². The SMILES string of the molecule is Cc1cc(C)cc(NC(=O)CSc2nnc(COc3ccccc3F)n2[C@H](C)[C@@H]2C[C@@H]3CC[C@@H]2C3)c1. The second-order valence-corrected chi connectivity index (χ2v) is 11.2. The van der Waals surface area contributed by atoms with Crippen molar-refractivity contribution in [1.82, 2.24) is 14.8 Å². The molecule has 2 aliphatic carbocycles. The minimum absolute atomic E-state index is 0.0868. The van der Waals surface area contributed by atoms with Gasteiger partial charge >= 0.3 is 0 Å². The summed E-state index contributed by atoms with van der Waals surface area (Å²) in [5.74, 6) is 2.68. The Bertz CT molecular complexity index is 1230. The Labute approximate surface area is 216 Å². The summed E-state index contributed by atoms with van der Waals surface area (Å²) >= 11 is 1.38. The van der Waals surface area contributed by atoms with Crippen molar-refractivity contribution in [2.24, 2.45) is 17.8 Å². The first kappa shape index (κ1) is 24.8. The van der Waals surface area contributed by atoms with Crippen molar-refractivity contribution in [2.45, 2.75) is 64.3 Å². The number of benzene rings is 2. The Hall–Kier alpha value is -2.87. The average Bonchev–Trinajstić information content (AvgIpc) is 3.57. The fraction of sp³-hybridized carbons (Fsp3) is 0.464. The molecule has 4 atom stereocenters. The lowest BCUT2D eigenvalue weighted by Crippen LogP contribution is -2.25. The molecule has 1 heterocycles. The van der Waals surface area contributed by atoms with Crippen LogP contribution in [0.25, 0.3) is 0 Å². The highest BCUT2D eigenvalue weighted by Gasteiger charge is 2.43. The number of hydrogen-bond donors (Lipinski definition) is 1. The Kier molecular flexibility index (Phi) is 7.32. The third kappa shape index (κ3) is 5.43. The number of amides is 1. The number of fused-ring (bicyclic) bond motifs is 2. The standard InChI is InChI=1S/C28H33FN4O2S/c1-17-10-18(2)12-22(11-17)30-27(34)16-36-28-32-31-26(15-35-25-7-5-4-6-24(25)29)33(28)19(3)23-14-20-8-9-21(23)13-20/h4-7,10-12,19-21,23H,8-9,13-16H2,1-3H3,(H,30,34)/t19-,20-,21-,23+/m1/s1. The molecule has 36 heavy (non-hydrogen) atoms. The second-order valence-electron chi connectivity index (χ2n) is 10.3. The van der Waals surface area contributed by atoms with Crippen molar-refractivity contribution in [3.8, 4) is 5.75 Å². The second kappa shape index (κ2) is 10.6. The van der Waals surface area contributed by atoms with Crippen molar-refractivity contribution in [3.05, 3.63) is 65.2 Å². The van der Waals surface area contributed by atoms with Gasteiger partial charge in [0, 0.05) is 11.7 Å². The fourth-order valence-corrected chi connectivity index (χ4v) is 6.91. The van der Waals surface area contributed by atoms with Crippen LogP contribution in [0.1, 0.15) is 55.6 Å². The number of nitrogens with zero attached hydrogens (tertiary/aromatic N) is 3. The van der Waals surface area contributed by atoms with E-state index < -0.39 is 5.82 Å². The van der Waals surface area contributed by atoms with Gasteiger partial charge in [0.25, 0.3) is 0 Å². The predicted molar refractivity (Wildman–Crippen MR) is 140 cm³/mol. The van der Waals surface area contributed by atoms with E-state index in [9.17, 15) is 9.18 Å². The van der Waals surface area contributed by atoms with Crippen LogP contribution in [0.15, 0.2) is 47.6 Å². The number of rotatable bonds is 9. The third-order valence-electron chi connectivity index (χ3n) is 7.59. The number of nitrogens with one attached hydrogen (secondary N) is 1. The van der Waals surface area contributed by atoms with Gasteiger partial charge in [-0.1, -0.05) is 36.4 Å². The molecule has 0 unspecified atom stereocenters. The number of carbonyl (C=O) groups excluding carboxylic acids is 1. The maximum Gasteiger partial charge on any atom is 0.234 e. The lowest BCUT2D eigenvalue weighted by molar-refractivity contribution is -0.113. The van der Waals surface area contributed by atoms with Gasteiger partial charge in [0.1, 0.15) is 6.61 Å². The van der Waals surface area contributed by atoms with Gasteiger partial charge < -0.3 is 10.1 Å². The maximum atomic E-state index is 14.1. The summed E-state index contributed by atoms with van der Waals surface area (Å²) in [6.07, 6.45) is 5.14. The Balaban J connectivity index is 1.32. The number of ether oxygens (including phenoxy) is 1. The number of hydrogen-bond acceptors (Lipinski definition) is 5. The van der Waals surface area contributed by atoms with Gasteiger partial charge in [-0.3, -0.25) is 9.36 Å². The van der Waals surface area contributed by atoms with Crippen LogP contribution in [0.4, 0.5) is 10.1 Å². The zero-order valence-corrected chi connectivity index (χ0v) is 21.9. The molecule has 2 aromatic carbocycles. The summed E-state index contributed by atoms with van der Waals surface area (Å²) in [6, 6.07) is 12.6. The normalized spacial score (nSPS) is 21.5. The van der Waals surface area contributed by atoms with Gasteiger partial charge in [-0.05, 0) is 93.2 Å². The molecule has 2 aliphatic rings. The van der Waals surface area contributed by atoms with Crippen LogP contribution in [0.2, 0.25) is 0 Å². The van der Waals surface area contributed by atoms with E-state index >= 15 is 0 Å². The maximum absolute atomic E-state index is 14.1. The van der Waals surface area contributed by atoms with Crippen LogP contribution in [-0.4, -0.2) is 26.4 Å². The van der Waals surface area contributed by atoms with E-state index in [1.54, 1.807) is 18.2 Å². The molecule has 8 heteroatoms. The van der Waals surface area contributed by atoms with Crippen molar-refractivity contribution in [3.63, 3.8) is 0 Å². The molecule has 2 fully saturated rings. The smallest absolute Gasteiger partial charge is 0.234 e. The summed E-state index contributed by atoms with van der Waals surface area (Å²) in [5.41, 5.74) is 3.02. The number of thioether (sulfide) groups is 1. The first-order valence-corrected chi connectivity index (χ1v) is 13.7. The van der Waals surface area contributed by atoms with Crippen molar-refractivity contribution < 1.29 is 13.9 Å². The Morgan fingerprint density at radius 3 is 2.64 bits per heavy atom. The molecular formula is C28H33FN4O2S. The minimum Gasteiger partial charge on any atom is -0.483 e. The molecule has 0 spiro atoms. The lowest BCUT2D eigenvalue weighted by Gasteiger charge is -2.30. The van der Waals surface area contributed by atoms with E-state index in [0.29, 0.717) is 16.9 Å². The highest BCUT2D eigenvalue weighted by atomic mass is 32.2. The van der Waals surface area contributed by atoms with Gasteiger partial charge in [0.05, 0.1) is 5.75 Å². The van der Waals surface area contributed by atoms with Crippen LogP contribution < -0.4 is 10.1 Å². The van der Waals surface area contributed by atoms with Gasteiger partial charge in [-0.25, -0.2) is 4.39 Å². The molecule has 6 nitrogen and oxygen atoms in total. The lowest BCUT2D eigenvalue weighted by atomic mass is 9.84. The molecular weight excluding hydrogens is 475 g/mol. The zero-order valence-electron chi connectivity index (χ0n) is 21.0. The van der Waals surface area contributed by atoms with E-state index in [0.717, 1.165) is 28.7 Å². The number of carbonyl (C=O) groups is 1. The first-order valence-electron chi connectivity index (χ1n) is 12.7. The minimum atomic E-state index is -0.401. The molecule has 1 aromatic heterocycles. The monoisotopic (exact) mass is 508 g/mol. The van der Waals surface area contributed by atoms with Crippen LogP contribution in [-0.2, 0) is 11.4 Å². The number of aryl methyl sites for hydroxylation is 2. The number of aromatic nitrogens is 3. The largest absolute Gasteiger partial charge is 0.483 e. The molecule has 1 N–H and O–H groups in total. The number of halogens is 1. The van der Waals surface area contributed by atoms with Crippen LogP contribution in [0.5, 0.6) is 5.75 Å². The summed E-state index contributed by atoms with van der Waals surface area (Å²) in [5, 5.41) is 12.5. The summed E-state index contributed by atoms with van der Waals surface area (Å²) < 4.78 is 22.0. The van der Waals surface area contributed by atoms with E-state index in [1.165, 1.54) is 43.5 Å². The molecule has 3 aromatic rings. The quantitative estimate of drug-likeness (QED) is 0.342. The zero-order chi connectivity index (χ0) is 25.2. The Morgan fingerprint density at radius 1 is 1.17 bits per heavy atom. The number of anilines is 1. The number of para-hydroxylation sites is 1. The van der Waals surface area contributed by atoms with Crippen LogP contribution in [0, 0.1) is 37.4 Å². The average molecular weight is 509 g/mol. The molecule has 190 valence electrons. The van der Waals surface area contributed by atoms with Crippen molar-refractivity contribution >= 4 is 23.4 Å². The molecule has 2 bridgehead atoms. The molecule has 0 aliphatic heterocycles. The van der Waals surface area contributed by atoms with E-state index in [4.69, 9.17) is 4.74 Å². The van der Waals surface area contributed by atoms with Crippen LogP contribution >= 0.6 is 11.8 Å². The fourth-order valence-electron chi connectivity index (χ4n) is 6.07. The van der Waals surface area contributed by atoms with E-state index in [-0.39, 0.29) is 30.1 Å². The van der Waals surface area contributed by atoms with Gasteiger partial charge in [0.15, 0.2) is 22.5 Å². The van der Waals surface area contributed by atoms with Crippen molar-refractivity contribution in [1.29, 1.82) is 0 Å². The highest BCUT2D eigenvalue weighted by molar-refractivity contribution is 7.99. The molecule has 2 saturated carbocycles. The molecule has 0 saturated heterocycles.